The lowest BCUT2D eigenvalue weighted by molar-refractivity contribution is -0.121. The second kappa shape index (κ2) is 5.66. The number of anilines is 1. The maximum atomic E-state index is 12.1. The zero-order valence-electron chi connectivity index (χ0n) is 10.2. The first-order chi connectivity index (χ1) is 7.60. The van der Waals surface area contributed by atoms with Crippen molar-refractivity contribution < 1.29 is 4.79 Å². The van der Waals surface area contributed by atoms with Crippen molar-refractivity contribution in [3.63, 3.8) is 0 Å². The zero-order valence-corrected chi connectivity index (χ0v) is 10.2. The molecule has 0 aliphatic heterocycles. The van der Waals surface area contributed by atoms with E-state index in [0.29, 0.717) is 6.54 Å². The quantitative estimate of drug-likeness (QED) is 0.843. The Morgan fingerprint density at radius 3 is 2.69 bits per heavy atom. The summed E-state index contributed by atoms with van der Waals surface area (Å²) in [6, 6.07) is 7.91. The number of amides is 1. The minimum absolute atomic E-state index is 0.0782. The Bertz CT molecular complexity index is 359. The molecule has 1 atom stereocenters. The van der Waals surface area contributed by atoms with Crippen LogP contribution in [-0.4, -0.2) is 19.5 Å². The van der Waals surface area contributed by atoms with Crippen LogP contribution in [0.5, 0.6) is 0 Å². The summed E-state index contributed by atoms with van der Waals surface area (Å²) < 4.78 is 0. The number of hydrogen-bond donors (Lipinski definition) is 1. The lowest BCUT2D eigenvalue weighted by Crippen LogP contribution is -2.36. The number of aryl methyl sites for hydroxylation is 1. The van der Waals surface area contributed by atoms with Crippen LogP contribution < -0.4 is 10.6 Å². The van der Waals surface area contributed by atoms with Gasteiger partial charge in [0.05, 0.1) is 5.92 Å². The highest BCUT2D eigenvalue weighted by molar-refractivity contribution is 5.94. The van der Waals surface area contributed by atoms with Crippen LogP contribution in [0.15, 0.2) is 24.3 Å². The molecule has 1 aromatic rings. The number of nitrogens with zero attached hydrogens (tertiary/aromatic N) is 1. The summed E-state index contributed by atoms with van der Waals surface area (Å²) >= 11 is 0. The molecule has 0 aliphatic carbocycles. The van der Waals surface area contributed by atoms with Gasteiger partial charge in [0, 0.05) is 19.3 Å². The monoisotopic (exact) mass is 220 g/mol. The summed E-state index contributed by atoms with van der Waals surface area (Å²) in [5.74, 6) is 0.0149. The maximum Gasteiger partial charge on any atom is 0.231 e. The molecule has 0 heterocycles. The van der Waals surface area contributed by atoms with Crippen LogP contribution in [0, 0.1) is 12.8 Å². The van der Waals surface area contributed by atoms with E-state index in [2.05, 4.69) is 0 Å². The average Bonchev–Trinajstić information content (AvgIpc) is 2.29. The number of benzene rings is 1. The highest BCUT2D eigenvalue weighted by atomic mass is 16.2. The average molecular weight is 220 g/mol. The first-order valence-electron chi connectivity index (χ1n) is 5.64. The van der Waals surface area contributed by atoms with Crippen molar-refractivity contribution >= 4 is 11.6 Å². The molecule has 0 spiro atoms. The van der Waals surface area contributed by atoms with Gasteiger partial charge in [0.15, 0.2) is 0 Å². The van der Waals surface area contributed by atoms with E-state index < -0.39 is 0 Å². The summed E-state index contributed by atoms with van der Waals surface area (Å²) in [7, 11) is 1.80. The van der Waals surface area contributed by atoms with Crippen LogP contribution in [0.1, 0.15) is 18.9 Å². The van der Waals surface area contributed by atoms with Gasteiger partial charge < -0.3 is 10.6 Å². The van der Waals surface area contributed by atoms with Crippen molar-refractivity contribution in [2.75, 3.05) is 18.5 Å². The fraction of sp³-hybridized carbons (Fsp3) is 0.462. The van der Waals surface area contributed by atoms with E-state index >= 15 is 0 Å². The first kappa shape index (κ1) is 12.7. The number of nitrogens with two attached hydrogens (primary N) is 1. The molecule has 16 heavy (non-hydrogen) atoms. The van der Waals surface area contributed by atoms with Crippen LogP contribution in [0.25, 0.3) is 0 Å². The maximum absolute atomic E-state index is 12.1. The smallest absolute Gasteiger partial charge is 0.231 e. The second-order valence-electron chi connectivity index (χ2n) is 4.08. The molecule has 2 N–H and O–H groups in total. The van der Waals surface area contributed by atoms with E-state index in [4.69, 9.17) is 5.73 Å². The van der Waals surface area contributed by atoms with Crippen molar-refractivity contribution in [3.8, 4) is 0 Å². The van der Waals surface area contributed by atoms with Gasteiger partial charge in [-0.2, -0.15) is 0 Å². The lowest BCUT2D eigenvalue weighted by Gasteiger charge is -2.22. The number of carbonyl (C=O) groups excluding carboxylic acids is 1. The third kappa shape index (κ3) is 2.83. The van der Waals surface area contributed by atoms with Gasteiger partial charge in [0.1, 0.15) is 0 Å². The molecule has 3 nitrogen and oxygen atoms in total. The van der Waals surface area contributed by atoms with Gasteiger partial charge in [0.25, 0.3) is 0 Å². The highest BCUT2D eigenvalue weighted by Gasteiger charge is 2.19. The lowest BCUT2D eigenvalue weighted by atomic mass is 10.1. The van der Waals surface area contributed by atoms with Crippen molar-refractivity contribution in [1.82, 2.24) is 0 Å². The minimum atomic E-state index is -0.0782. The van der Waals surface area contributed by atoms with Gasteiger partial charge in [0.2, 0.25) is 5.91 Å². The van der Waals surface area contributed by atoms with Crippen LogP contribution in [0.2, 0.25) is 0 Å². The van der Waals surface area contributed by atoms with Crippen LogP contribution in [-0.2, 0) is 4.79 Å². The Morgan fingerprint density at radius 2 is 2.19 bits per heavy atom. The normalized spacial score (nSPS) is 12.2. The van der Waals surface area contributed by atoms with Crippen molar-refractivity contribution in [2.45, 2.75) is 20.3 Å². The summed E-state index contributed by atoms with van der Waals surface area (Å²) in [6.45, 7) is 4.41. The van der Waals surface area contributed by atoms with E-state index in [0.717, 1.165) is 17.7 Å². The minimum Gasteiger partial charge on any atom is -0.330 e. The second-order valence-corrected chi connectivity index (χ2v) is 4.08. The Hall–Kier alpha value is -1.35. The molecule has 3 heteroatoms. The molecular formula is C13H20N2O. The summed E-state index contributed by atoms with van der Waals surface area (Å²) in [4.78, 5) is 13.8. The van der Waals surface area contributed by atoms with Gasteiger partial charge in [-0.3, -0.25) is 4.79 Å². The van der Waals surface area contributed by atoms with Crippen molar-refractivity contribution in [2.24, 2.45) is 11.7 Å². The Kier molecular flexibility index (Phi) is 4.50. The third-order valence-electron chi connectivity index (χ3n) is 2.85. The summed E-state index contributed by atoms with van der Waals surface area (Å²) in [6.07, 6.45) is 0.783. The van der Waals surface area contributed by atoms with Gasteiger partial charge >= 0.3 is 0 Å². The molecule has 0 radical (unpaired) electrons. The summed E-state index contributed by atoms with van der Waals surface area (Å²) in [5.41, 5.74) is 7.66. The molecule has 0 aromatic heterocycles. The van der Waals surface area contributed by atoms with Crippen LogP contribution in [0.4, 0.5) is 5.69 Å². The first-order valence-corrected chi connectivity index (χ1v) is 5.64. The fourth-order valence-electron chi connectivity index (χ4n) is 1.68. The molecule has 1 rings (SSSR count). The van der Waals surface area contributed by atoms with Crippen molar-refractivity contribution in [3.05, 3.63) is 29.8 Å². The van der Waals surface area contributed by atoms with E-state index in [-0.39, 0.29) is 11.8 Å². The Balaban J connectivity index is 2.85. The molecular weight excluding hydrogens is 200 g/mol. The van der Waals surface area contributed by atoms with E-state index in [9.17, 15) is 4.79 Å². The van der Waals surface area contributed by atoms with Crippen LogP contribution in [0.3, 0.4) is 0 Å². The summed E-state index contributed by atoms with van der Waals surface area (Å²) in [5, 5.41) is 0. The van der Waals surface area contributed by atoms with Gasteiger partial charge in [-0.05, 0) is 31.0 Å². The molecule has 0 bridgehead atoms. The molecule has 1 unspecified atom stereocenters. The van der Waals surface area contributed by atoms with E-state index in [1.165, 1.54) is 0 Å². The van der Waals surface area contributed by atoms with Crippen LogP contribution >= 0.6 is 0 Å². The molecule has 0 saturated heterocycles. The standard InChI is InChI=1S/C13H20N2O/c1-4-11(9-14)13(16)15(3)12-7-5-6-10(2)8-12/h5-8,11H,4,9,14H2,1-3H3. The van der Waals surface area contributed by atoms with E-state index in [1.54, 1.807) is 11.9 Å². The zero-order chi connectivity index (χ0) is 12.1. The number of hydrogen-bond acceptors (Lipinski definition) is 2. The largest absolute Gasteiger partial charge is 0.330 e. The number of carbonyl (C=O) groups is 1. The molecule has 88 valence electrons. The molecule has 0 aliphatic rings. The Labute approximate surface area is 97.2 Å². The molecule has 1 aromatic carbocycles. The van der Waals surface area contributed by atoms with Gasteiger partial charge in [-0.15, -0.1) is 0 Å². The highest BCUT2D eigenvalue weighted by Crippen LogP contribution is 2.17. The SMILES string of the molecule is CCC(CN)C(=O)N(C)c1cccc(C)c1. The fourth-order valence-corrected chi connectivity index (χ4v) is 1.68. The Morgan fingerprint density at radius 1 is 1.50 bits per heavy atom. The van der Waals surface area contributed by atoms with Crippen molar-refractivity contribution in [1.29, 1.82) is 0 Å². The number of rotatable bonds is 4. The third-order valence-corrected chi connectivity index (χ3v) is 2.85. The molecule has 0 fully saturated rings. The molecule has 1 amide bonds. The van der Waals surface area contributed by atoms with E-state index in [1.807, 2.05) is 38.1 Å². The van der Waals surface area contributed by atoms with Gasteiger partial charge in [-0.25, -0.2) is 0 Å². The molecule has 0 saturated carbocycles. The van der Waals surface area contributed by atoms with Gasteiger partial charge in [-0.1, -0.05) is 19.1 Å². The topological polar surface area (TPSA) is 46.3 Å². The predicted molar refractivity (Wildman–Crippen MR) is 67.4 cm³/mol. The predicted octanol–water partition coefficient (Wildman–Crippen LogP) is 1.94.